The van der Waals surface area contributed by atoms with E-state index >= 15 is 0 Å². The van der Waals surface area contributed by atoms with E-state index in [9.17, 15) is 0 Å². The van der Waals surface area contributed by atoms with Crippen LogP contribution in [0, 0.1) is 0 Å². The summed E-state index contributed by atoms with van der Waals surface area (Å²) in [5.74, 6) is 0. The molecule has 1 aliphatic heterocycles. The molecule has 0 radical (unpaired) electrons. The minimum Gasteiger partial charge on any atom is -0.420 e. The summed E-state index contributed by atoms with van der Waals surface area (Å²) in [5, 5.41) is 0. The summed E-state index contributed by atoms with van der Waals surface area (Å²) in [6, 6.07) is 1.49. The largest absolute Gasteiger partial charge is 0.420 e. The van der Waals surface area contributed by atoms with Crippen LogP contribution in [0.4, 0.5) is 0 Å². The lowest BCUT2D eigenvalue weighted by atomic mass is 10.5. The van der Waals surface area contributed by atoms with E-state index in [1.807, 2.05) is 0 Å². The Bertz CT molecular complexity index is 116. The standard InChI is InChI=1S/C7H18OSi2/c1-9(2)7-5-6-8-10(9,3)4/h5-7H2,1-4H3. The van der Waals surface area contributed by atoms with Gasteiger partial charge < -0.3 is 4.43 Å². The Hall–Kier alpha value is 0.394. The van der Waals surface area contributed by atoms with Gasteiger partial charge in [-0.15, -0.1) is 0 Å². The maximum absolute atomic E-state index is 5.88. The summed E-state index contributed by atoms with van der Waals surface area (Å²) >= 11 is 0. The van der Waals surface area contributed by atoms with Gasteiger partial charge in [0.1, 0.15) is 0 Å². The SMILES string of the molecule is C[Si]1(C)CCCO[Si]1(C)C. The van der Waals surface area contributed by atoms with Crippen LogP contribution in [0.3, 0.4) is 0 Å². The smallest absolute Gasteiger partial charge is 0.173 e. The Morgan fingerprint density at radius 2 is 1.70 bits per heavy atom. The lowest BCUT2D eigenvalue weighted by Crippen LogP contribution is -2.59. The van der Waals surface area contributed by atoms with Gasteiger partial charge in [-0.3, -0.25) is 0 Å². The van der Waals surface area contributed by atoms with Crippen LogP contribution < -0.4 is 0 Å². The molecule has 10 heavy (non-hydrogen) atoms. The van der Waals surface area contributed by atoms with E-state index in [-0.39, 0.29) is 0 Å². The molecule has 0 aliphatic carbocycles. The second-order valence-electron chi connectivity index (χ2n) is 4.35. The molecule has 0 bridgehead atoms. The zero-order chi connectivity index (χ0) is 7.83. The third kappa shape index (κ3) is 1.36. The molecule has 60 valence electrons. The lowest BCUT2D eigenvalue weighted by molar-refractivity contribution is 0.307. The Kier molecular flexibility index (Phi) is 2.09. The molecular weight excluding hydrogens is 156 g/mol. The number of hydrogen-bond acceptors (Lipinski definition) is 1. The van der Waals surface area contributed by atoms with Gasteiger partial charge in [-0.25, -0.2) is 0 Å². The van der Waals surface area contributed by atoms with Gasteiger partial charge in [0.05, 0.1) is 7.59 Å². The van der Waals surface area contributed by atoms with Crippen LogP contribution in [0.1, 0.15) is 6.42 Å². The first kappa shape index (κ1) is 8.49. The van der Waals surface area contributed by atoms with Gasteiger partial charge >= 0.3 is 0 Å². The fraction of sp³-hybridized carbons (Fsp3) is 1.00. The van der Waals surface area contributed by atoms with Crippen molar-refractivity contribution in [3.8, 4) is 0 Å². The van der Waals surface area contributed by atoms with Crippen molar-refractivity contribution in [1.82, 2.24) is 0 Å². The predicted molar refractivity (Wildman–Crippen MR) is 50.3 cm³/mol. The molecule has 1 saturated heterocycles. The molecule has 0 aromatic carbocycles. The zero-order valence-electron chi connectivity index (χ0n) is 7.53. The van der Waals surface area contributed by atoms with Gasteiger partial charge in [0.25, 0.3) is 0 Å². The first-order valence-electron chi connectivity index (χ1n) is 4.10. The highest BCUT2D eigenvalue weighted by atomic mass is 29.3. The van der Waals surface area contributed by atoms with Crippen LogP contribution >= 0.6 is 0 Å². The molecule has 0 amide bonds. The van der Waals surface area contributed by atoms with Crippen LogP contribution in [-0.2, 0) is 4.43 Å². The summed E-state index contributed by atoms with van der Waals surface area (Å²) in [7, 11) is -2.08. The van der Waals surface area contributed by atoms with E-state index < -0.39 is 15.4 Å². The van der Waals surface area contributed by atoms with Crippen molar-refractivity contribution < 1.29 is 4.43 Å². The second-order valence-corrected chi connectivity index (χ2v) is 19.6. The summed E-state index contributed by atoms with van der Waals surface area (Å²) in [5.41, 5.74) is 0. The van der Waals surface area contributed by atoms with Crippen LogP contribution in [0.15, 0.2) is 0 Å². The predicted octanol–water partition coefficient (Wildman–Crippen LogP) is 2.40. The quantitative estimate of drug-likeness (QED) is 0.512. The summed E-state index contributed by atoms with van der Waals surface area (Å²) in [4.78, 5) is 0. The highest BCUT2D eigenvalue weighted by Gasteiger charge is 2.44. The van der Waals surface area contributed by atoms with E-state index in [0.29, 0.717) is 0 Å². The molecule has 1 rings (SSSR count). The number of hydrogen-bond donors (Lipinski definition) is 0. The first-order valence-corrected chi connectivity index (χ1v) is 11.2. The summed E-state index contributed by atoms with van der Waals surface area (Å²) < 4.78 is 5.88. The van der Waals surface area contributed by atoms with E-state index in [4.69, 9.17) is 4.43 Å². The molecule has 0 atom stereocenters. The number of rotatable bonds is 0. The minimum absolute atomic E-state index is 0.901. The summed E-state index contributed by atoms with van der Waals surface area (Å²) in [6.45, 7) is 10.8. The van der Waals surface area contributed by atoms with Gasteiger partial charge in [0.15, 0.2) is 7.83 Å². The maximum atomic E-state index is 5.88. The molecule has 1 fully saturated rings. The Balaban J connectivity index is 2.70. The first-order chi connectivity index (χ1) is 4.46. The molecule has 1 nitrogen and oxygen atoms in total. The van der Waals surface area contributed by atoms with Crippen LogP contribution in [-0.4, -0.2) is 22.0 Å². The topological polar surface area (TPSA) is 9.23 Å². The lowest BCUT2D eigenvalue weighted by Gasteiger charge is -2.41. The van der Waals surface area contributed by atoms with Crippen molar-refractivity contribution in [1.29, 1.82) is 0 Å². The molecule has 1 aliphatic rings. The van der Waals surface area contributed by atoms with Crippen LogP contribution in [0.2, 0.25) is 32.2 Å². The van der Waals surface area contributed by atoms with Crippen molar-refractivity contribution in [3.05, 3.63) is 0 Å². The Morgan fingerprint density at radius 1 is 1.10 bits per heavy atom. The maximum Gasteiger partial charge on any atom is 0.173 e. The average molecular weight is 174 g/mol. The highest BCUT2D eigenvalue weighted by molar-refractivity contribution is 7.38. The third-order valence-corrected chi connectivity index (χ3v) is 19.8. The van der Waals surface area contributed by atoms with Crippen LogP contribution in [0.25, 0.3) is 0 Å². The fourth-order valence-corrected chi connectivity index (χ4v) is 7.83. The van der Waals surface area contributed by atoms with E-state index in [0.717, 1.165) is 6.61 Å². The van der Waals surface area contributed by atoms with Crippen molar-refractivity contribution >= 4 is 15.4 Å². The van der Waals surface area contributed by atoms with Gasteiger partial charge in [0.2, 0.25) is 0 Å². The van der Waals surface area contributed by atoms with E-state index in [1.54, 1.807) is 0 Å². The van der Waals surface area contributed by atoms with Gasteiger partial charge in [0, 0.05) is 6.61 Å². The van der Waals surface area contributed by atoms with Gasteiger partial charge in [-0.05, 0) is 19.5 Å². The third-order valence-electron chi connectivity index (χ3n) is 3.04. The van der Waals surface area contributed by atoms with Gasteiger partial charge in [-0.2, -0.15) is 0 Å². The molecule has 0 N–H and O–H groups in total. The van der Waals surface area contributed by atoms with Gasteiger partial charge in [-0.1, -0.05) is 19.1 Å². The normalized spacial score (nSPS) is 30.0. The molecule has 0 saturated carbocycles. The highest BCUT2D eigenvalue weighted by Crippen LogP contribution is 2.29. The summed E-state index contributed by atoms with van der Waals surface area (Å²) in [6.07, 6.45) is 1.32. The van der Waals surface area contributed by atoms with Crippen molar-refractivity contribution in [3.63, 3.8) is 0 Å². The van der Waals surface area contributed by atoms with E-state index in [2.05, 4.69) is 26.2 Å². The molecule has 3 heteroatoms. The van der Waals surface area contributed by atoms with Crippen molar-refractivity contribution in [2.24, 2.45) is 0 Å². The molecule has 0 unspecified atom stereocenters. The Labute approximate surface area is 65.7 Å². The average Bonchev–Trinajstić information content (AvgIpc) is 1.77. The van der Waals surface area contributed by atoms with Crippen molar-refractivity contribution in [2.45, 2.75) is 38.7 Å². The zero-order valence-corrected chi connectivity index (χ0v) is 9.53. The second kappa shape index (κ2) is 2.46. The molecular formula is C7H18OSi2. The van der Waals surface area contributed by atoms with Crippen molar-refractivity contribution in [2.75, 3.05) is 6.61 Å². The van der Waals surface area contributed by atoms with E-state index in [1.165, 1.54) is 12.5 Å². The fourth-order valence-electron chi connectivity index (χ4n) is 1.34. The Morgan fingerprint density at radius 3 is 2.00 bits per heavy atom. The molecule has 0 aromatic rings. The molecule has 0 spiro atoms. The minimum atomic E-state index is -1.18. The molecule has 1 heterocycles. The monoisotopic (exact) mass is 174 g/mol. The van der Waals surface area contributed by atoms with Crippen LogP contribution in [0.5, 0.6) is 0 Å². The molecule has 0 aromatic heterocycles.